The van der Waals surface area contributed by atoms with Crippen LogP contribution >= 0.6 is 22.6 Å². The number of benzene rings is 1. The van der Waals surface area contributed by atoms with Crippen LogP contribution in [0.1, 0.15) is 49.8 Å². The van der Waals surface area contributed by atoms with E-state index in [0.29, 0.717) is 15.2 Å². The van der Waals surface area contributed by atoms with Crippen molar-refractivity contribution in [3.05, 3.63) is 57.1 Å². The van der Waals surface area contributed by atoms with Crippen LogP contribution in [-0.2, 0) is 15.0 Å². The molecule has 6 nitrogen and oxygen atoms in total. The van der Waals surface area contributed by atoms with Crippen LogP contribution in [0.3, 0.4) is 0 Å². The van der Waals surface area contributed by atoms with E-state index in [1.165, 1.54) is 50.2 Å². The van der Waals surface area contributed by atoms with Gasteiger partial charge >= 0.3 is 6.03 Å². The molecular weight excluding hydrogens is 519 g/mol. The molecule has 0 spiro atoms. The number of carbonyl (C=O) groups excluding carboxylic acids is 3. The van der Waals surface area contributed by atoms with Crippen LogP contribution in [-0.4, -0.2) is 17.8 Å². The van der Waals surface area contributed by atoms with Crippen molar-refractivity contribution in [3.8, 4) is 0 Å². The molecule has 4 saturated carbocycles. The van der Waals surface area contributed by atoms with Crippen molar-refractivity contribution in [1.82, 2.24) is 5.32 Å². The van der Waals surface area contributed by atoms with Crippen molar-refractivity contribution >= 4 is 52.2 Å². The summed E-state index contributed by atoms with van der Waals surface area (Å²) in [6.45, 7) is 0. The summed E-state index contributed by atoms with van der Waals surface area (Å²) >= 11 is 2.01. The van der Waals surface area contributed by atoms with E-state index >= 15 is 0 Å². The number of hydrogen-bond donors (Lipinski definition) is 1. The highest BCUT2D eigenvalue weighted by Gasteiger charge is 2.51. The molecule has 4 bridgehead atoms. The summed E-state index contributed by atoms with van der Waals surface area (Å²) in [5.41, 5.74) is 1.91. The summed E-state index contributed by atoms with van der Waals surface area (Å²) in [5, 5.41) is 2.27. The van der Waals surface area contributed by atoms with Gasteiger partial charge in [-0.15, -0.1) is 0 Å². The van der Waals surface area contributed by atoms with E-state index in [1.807, 2.05) is 34.7 Å². The maximum Gasteiger partial charge on any atom is 0.335 e. The minimum atomic E-state index is -0.728. The van der Waals surface area contributed by atoms with Crippen molar-refractivity contribution in [3.63, 3.8) is 0 Å². The molecular formula is C25H23IN2O4. The van der Waals surface area contributed by atoms with Gasteiger partial charge in [-0.2, -0.15) is 0 Å². The number of nitrogens with one attached hydrogen (secondary N) is 1. The van der Waals surface area contributed by atoms with Crippen LogP contribution in [0.15, 0.2) is 46.4 Å². The van der Waals surface area contributed by atoms with Gasteiger partial charge in [0.15, 0.2) is 3.77 Å². The molecule has 1 aromatic carbocycles. The van der Waals surface area contributed by atoms with Gasteiger partial charge in [-0.3, -0.25) is 14.9 Å². The molecule has 7 heteroatoms. The first-order valence-electron chi connectivity index (χ1n) is 11.2. The lowest BCUT2D eigenvalue weighted by Crippen LogP contribution is -2.54. The molecule has 1 saturated heterocycles. The van der Waals surface area contributed by atoms with Crippen LogP contribution in [0, 0.1) is 21.5 Å². The molecule has 1 aliphatic heterocycles. The van der Waals surface area contributed by atoms with Crippen LogP contribution < -0.4 is 10.2 Å². The molecule has 32 heavy (non-hydrogen) atoms. The number of furan rings is 1. The number of anilines is 1. The second kappa shape index (κ2) is 7.30. The standard InChI is InChI=1S/C25H23IN2O4/c26-21-6-5-19(32-21)10-20-22(29)27-24(31)28(23(20)30)18-3-1-17(2-4-18)25-11-14-7-15(12-25)9-16(8-14)13-25/h1-6,10,14-16H,7-9,11-13H2,(H,27,29,31)/b20-10+. The largest absolute Gasteiger partial charge is 0.451 e. The van der Waals surface area contributed by atoms with Crippen LogP contribution in [0.2, 0.25) is 0 Å². The lowest BCUT2D eigenvalue weighted by atomic mass is 9.48. The molecule has 0 unspecified atom stereocenters. The zero-order valence-electron chi connectivity index (χ0n) is 17.5. The van der Waals surface area contributed by atoms with Gasteiger partial charge in [0.2, 0.25) is 0 Å². The molecule has 4 aliphatic carbocycles. The summed E-state index contributed by atoms with van der Waals surface area (Å²) in [6.07, 6.45) is 9.30. The SMILES string of the molecule is O=C1NC(=O)N(c2ccc(C34CC5CC(CC(C5)C3)C4)cc2)C(=O)/C1=C/c1ccc(I)o1. The van der Waals surface area contributed by atoms with E-state index in [4.69, 9.17) is 4.42 Å². The molecule has 2 heterocycles. The smallest absolute Gasteiger partial charge is 0.335 e. The highest BCUT2D eigenvalue weighted by Crippen LogP contribution is 2.60. The maximum absolute atomic E-state index is 13.1. The minimum Gasteiger partial charge on any atom is -0.451 e. The number of barbiturate groups is 1. The Kier molecular flexibility index (Phi) is 4.61. The Bertz CT molecular complexity index is 1130. The third kappa shape index (κ3) is 3.24. The highest BCUT2D eigenvalue weighted by molar-refractivity contribution is 14.1. The van der Waals surface area contributed by atoms with Crippen LogP contribution in [0.25, 0.3) is 6.08 Å². The molecule has 2 aromatic rings. The summed E-state index contributed by atoms with van der Waals surface area (Å²) in [6, 6.07) is 10.5. The molecule has 4 amide bonds. The number of halogens is 1. The van der Waals surface area contributed by atoms with Gasteiger partial charge in [0.1, 0.15) is 11.3 Å². The predicted octanol–water partition coefficient (Wildman–Crippen LogP) is 5.02. The van der Waals surface area contributed by atoms with Gasteiger partial charge in [-0.1, -0.05) is 12.1 Å². The summed E-state index contributed by atoms with van der Waals surface area (Å²) in [4.78, 5) is 39.0. The van der Waals surface area contributed by atoms with Crippen molar-refractivity contribution in [2.24, 2.45) is 17.8 Å². The van der Waals surface area contributed by atoms with E-state index < -0.39 is 17.8 Å². The Morgan fingerprint density at radius 3 is 2.12 bits per heavy atom. The average Bonchev–Trinajstić information content (AvgIpc) is 3.15. The van der Waals surface area contributed by atoms with Gasteiger partial charge in [0.05, 0.1) is 5.69 Å². The number of carbonyl (C=O) groups is 3. The summed E-state index contributed by atoms with van der Waals surface area (Å²) in [7, 11) is 0. The second-order valence-electron chi connectivity index (χ2n) is 9.84. The molecule has 5 fully saturated rings. The number of urea groups is 1. The normalized spacial score (nSPS) is 32.7. The number of rotatable bonds is 3. The number of amides is 4. The van der Waals surface area contributed by atoms with Crippen LogP contribution in [0.5, 0.6) is 0 Å². The van der Waals surface area contributed by atoms with Crippen molar-refractivity contribution < 1.29 is 18.8 Å². The molecule has 0 radical (unpaired) electrons. The number of hydrogen-bond acceptors (Lipinski definition) is 4. The highest BCUT2D eigenvalue weighted by atomic mass is 127. The average molecular weight is 542 g/mol. The van der Waals surface area contributed by atoms with Gasteiger partial charge in [-0.05, 0) is 120 Å². The van der Waals surface area contributed by atoms with Crippen molar-refractivity contribution in [2.75, 3.05) is 4.90 Å². The van der Waals surface area contributed by atoms with E-state index in [-0.39, 0.29) is 11.0 Å². The Balaban J connectivity index is 1.30. The first kappa shape index (κ1) is 20.2. The molecule has 1 aromatic heterocycles. The predicted molar refractivity (Wildman–Crippen MR) is 127 cm³/mol. The molecule has 7 rings (SSSR count). The maximum atomic E-state index is 13.1. The fraction of sp³-hybridized carbons (Fsp3) is 0.400. The first-order chi connectivity index (χ1) is 15.4. The molecule has 5 aliphatic rings. The minimum absolute atomic E-state index is 0.125. The zero-order chi connectivity index (χ0) is 22.0. The Labute approximate surface area is 199 Å². The number of nitrogens with zero attached hydrogens (tertiary/aromatic N) is 1. The Hall–Kier alpha value is -2.42. The summed E-state index contributed by atoms with van der Waals surface area (Å²) in [5.74, 6) is 1.57. The van der Waals surface area contributed by atoms with E-state index in [2.05, 4.69) is 17.4 Å². The first-order valence-corrected chi connectivity index (χ1v) is 12.3. The quantitative estimate of drug-likeness (QED) is 0.336. The van der Waals surface area contributed by atoms with Crippen molar-refractivity contribution in [1.29, 1.82) is 0 Å². The molecule has 0 atom stereocenters. The third-order valence-corrected chi connectivity index (χ3v) is 8.34. The second-order valence-corrected chi connectivity index (χ2v) is 10.9. The monoisotopic (exact) mass is 542 g/mol. The van der Waals surface area contributed by atoms with E-state index in [0.717, 1.165) is 22.7 Å². The molecule has 164 valence electrons. The Morgan fingerprint density at radius 2 is 1.56 bits per heavy atom. The van der Waals surface area contributed by atoms with E-state index in [9.17, 15) is 14.4 Å². The fourth-order valence-corrected chi connectivity index (χ4v) is 7.30. The zero-order valence-corrected chi connectivity index (χ0v) is 19.6. The van der Waals surface area contributed by atoms with E-state index in [1.54, 1.807) is 12.1 Å². The van der Waals surface area contributed by atoms with Gasteiger partial charge in [0, 0.05) is 0 Å². The van der Waals surface area contributed by atoms with Gasteiger partial charge in [-0.25, -0.2) is 9.69 Å². The Morgan fingerprint density at radius 1 is 0.938 bits per heavy atom. The van der Waals surface area contributed by atoms with Gasteiger partial charge < -0.3 is 4.42 Å². The third-order valence-electron chi connectivity index (χ3n) is 7.76. The lowest BCUT2D eigenvalue weighted by molar-refractivity contribution is -0.122. The van der Waals surface area contributed by atoms with Crippen molar-refractivity contribution in [2.45, 2.75) is 43.9 Å². The number of imide groups is 2. The summed E-state index contributed by atoms with van der Waals surface area (Å²) < 4.78 is 6.10. The van der Waals surface area contributed by atoms with Crippen LogP contribution in [0.4, 0.5) is 10.5 Å². The van der Waals surface area contributed by atoms with Gasteiger partial charge in [0.25, 0.3) is 11.8 Å². The fourth-order valence-electron chi connectivity index (χ4n) is 6.87. The molecule has 1 N–H and O–H groups in total. The lowest BCUT2D eigenvalue weighted by Gasteiger charge is -2.57. The topological polar surface area (TPSA) is 79.6 Å².